The van der Waals surface area contributed by atoms with Gasteiger partial charge < -0.3 is 9.84 Å². The average molecular weight is 297 g/mol. The van der Waals surface area contributed by atoms with Crippen molar-refractivity contribution < 1.29 is 18.3 Å². The molecule has 0 spiro atoms. The van der Waals surface area contributed by atoms with E-state index >= 15 is 0 Å². The Bertz CT molecular complexity index is 614. The van der Waals surface area contributed by atoms with Crippen LogP contribution in [0.3, 0.4) is 0 Å². The predicted molar refractivity (Wildman–Crippen MR) is 73.9 cm³/mol. The van der Waals surface area contributed by atoms with Crippen LogP contribution in [0.25, 0.3) is 0 Å². The zero-order valence-corrected chi connectivity index (χ0v) is 12.3. The van der Waals surface area contributed by atoms with Crippen LogP contribution in [-0.2, 0) is 16.6 Å². The Balaban J connectivity index is 2.02. The second-order valence-corrected chi connectivity index (χ2v) is 7.41. The fourth-order valence-corrected chi connectivity index (χ4v) is 5.27. The van der Waals surface area contributed by atoms with Crippen LogP contribution >= 0.6 is 0 Å². The van der Waals surface area contributed by atoms with E-state index in [4.69, 9.17) is 4.74 Å². The van der Waals surface area contributed by atoms with Crippen LogP contribution in [-0.4, -0.2) is 37.5 Å². The van der Waals surface area contributed by atoms with Crippen molar-refractivity contribution in [2.45, 2.75) is 36.8 Å². The van der Waals surface area contributed by atoms with Crippen LogP contribution < -0.4 is 4.74 Å². The molecule has 110 valence electrons. The first-order valence-corrected chi connectivity index (χ1v) is 8.30. The molecule has 1 N–H and O–H groups in total. The molecule has 0 amide bonds. The molecule has 1 heterocycles. The van der Waals surface area contributed by atoms with Gasteiger partial charge in [-0.1, -0.05) is 6.07 Å². The monoisotopic (exact) mass is 297 g/mol. The minimum Gasteiger partial charge on any atom is -0.495 e. The van der Waals surface area contributed by atoms with Crippen LogP contribution in [0, 0.1) is 5.92 Å². The molecule has 0 aromatic heterocycles. The number of fused-ring (bicyclic) bond motifs is 2. The summed E-state index contributed by atoms with van der Waals surface area (Å²) in [7, 11) is -2.09. The smallest absolute Gasteiger partial charge is 0.247 e. The maximum absolute atomic E-state index is 12.8. The molecular formula is C14H19NO4S. The highest BCUT2D eigenvalue weighted by Gasteiger charge is 2.45. The first kappa shape index (κ1) is 13.9. The van der Waals surface area contributed by atoms with Gasteiger partial charge in [0.2, 0.25) is 10.0 Å². The minimum absolute atomic E-state index is 0.132. The number of hydrogen-bond donors (Lipinski definition) is 1. The summed E-state index contributed by atoms with van der Waals surface area (Å²) >= 11 is 0. The average Bonchev–Trinajstić information content (AvgIpc) is 3.09. The Kier molecular flexibility index (Phi) is 3.48. The fraction of sp³-hybridized carbons (Fsp3) is 0.571. The van der Waals surface area contributed by atoms with Gasteiger partial charge in [0, 0.05) is 12.6 Å². The summed E-state index contributed by atoms with van der Waals surface area (Å²) in [6, 6.07) is 4.92. The highest BCUT2D eigenvalue weighted by atomic mass is 32.2. The largest absolute Gasteiger partial charge is 0.495 e. The summed E-state index contributed by atoms with van der Waals surface area (Å²) in [6.45, 7) is 0.429. The second kappa shape index (κ2) is 5.02. The van der Waals surface area contributed by atoms with E-state index in [1.165, 1.54) is 13.2 Å². The van der Waals surface area contributed by atoms with E-state index in [9.17, 15) is 13.5 Å². The Hall–Kier alpha value is -1.11. The van der Waals surface area contributed by atoms with E-state index in [-0.39, 0.29) is 17.5 Å². The Morgan fingerprint density at radius 3 is 2.75 bits per heavy atom. The Labute approximate surface area is 119 Å². The lowest BCUT2D eigenvalue weighted by atomic mass is 10.1. The number of sulfonamides is 1. The van der Waals surface area contributed by atoms with E-state index in [1.54, 1.807) is 16.4 Å². The van der Waals surface area contributed by atoms with Gasteiger partial charge in [0.15, 0.2) is 0 Å². The summed E-state index contributed by atoms with van der Waals surface area (Å²) in [5.41, 5.74) is 0.578. The standard InChI is InChI=1S/C14H19NO4S/c1-19-13-5-3-11(9-16)7-14(13)20(17,18)15-8-10-2-4-12(15)6-10/h3,5,7,10,12,16H,2,4,6,8-9H2,1H3. The molecule has 0 radical (unpaired) electrons. The second-order valence-electron chi connectivity index (χ2n) is 5.55. The van der Waals surface area contributed by atoms with Gasteiger partial charge in [0.25, 0.3) is 0 Å². The minimum atomic E-state index is -3.55. The van der Waals surface area contributed by atoms with Crippen molar-refractivity contribution in [2.75, 3.05) is 13.7 Å². The predicted octanol–water partition coefficient (Wildman–Crippen LogP) is 1.36. The SMILES string of the molecule is COc1ccc(CO)cc1S(=O)(=O)N1CC2CCC1C2. The number of ether oxygens (including phenoxy) is 1. The highest BCUT2D eigenvalue weighted by Crippen LogP contribution is 2.41. The molecule has 3 rings (SSSR count). The number of nitrogens with zero attached hydrogens (tertiary/aromatic N) is 1. The molecule has 1 aliphatic heterocycles. The zero-order valence-electron chi connectivity index (χ0n) is 11.4. The van der Waals surface area contributed by atoms with Crippen LogP contribution in [0.15, 0.2) is 23.1 Å². The summed E-state index contributed by atoms with van der Waals surface area (Å²) < 4.78 is 32.5. The third-order valence-corrected chi connectivity index (χ3v) is 6.30. The molecule has 2 unspecified atom stereocenters. The van der Waals surface area contributed by atoms with Gasteiger partial charge in [-0.2, -0.15) is 4.31 Å². The molecule has 6 heteroatoms. The summed E-state index contributed by atoms with van der Waals surface area (Å²) in [5.74, 6) is 0.840. The molecule has 20 heavy (non-hydrogen) atoms. The molecule has 1 saturated heterocycles. The quantitative estimate of drug-likeness (QED) is 0.911. The molecule has 1 aromatic carbocycles. The lowest BCUT2D eigenvalue weighted by molar-refractivity contribution is 0.281. The van der Waals surface area contributed by atoms with Gasteiger partial charge in [-0.05, 0) is 42.9 Å². The summed E-state index contributed by atoms with van der Waals surface area (Å²) in [4.78, 5) is 0.166. The number of hydrogen-bond acceptors (Lipinski definition) is 4. The van der Waals surface area contributed by atoms with E-state index in [0.717, 1.165) is 19.3 Å². The number of rotatable bonds is 4. The van der Waals surface area contributed by atoms with Crippen molar-refractivity contribution in [1.29, 1.82) is 0 Å². The molecule has 1 saturated carbocycles. The van der Waals surface area contributed by atoms with E-state index in [2.05, 4.69) is 0 Å². The summed E-state index contributed by atoms with van der Waals surface area (Å²) in [6.07, 6.45) is 3.05. The number of piperidine rings is 1. The molecular weight excluding hydrogens is 278 g/mol. The van der Waals surface area contributed by atoms with Crippen LogP contribution in [0.5, 0.6) is 5.75 Å². The van der Waals surface area contributed by atoms with Crippen LogP contribution in [0.1, 0.15) is 24.8 Å². The third-order valence-electron chi connectivity index (χ3n) is 4.36. The normalized spacial score (nSPS) is 26.1. The zero-order chi connectivity index (χ0) is 14.3. The van der Waals surface area contributed by atoms with Crippen molar-refractivity contribution in [1.82, 2.24) is 4.31 Å². The van der Waals surface area contributed by atoms with Gasteiger partial charge in [-0.15, -0.1) is 0 Å². The maximum atomic E-state index is 12.8. The first-order chi connectivity index (χ1) is 9.56. The van der Waals surface area contributed by atoms with E-state index in [0.29, 0.717) is 23.8 Å². The molecule has 2 fully saturated rings. The van der Waals surface area contributed by atoms with Crippen molar-refractivity contribution in [3.63, 3.8) is 0 Å². The van der Waals surface area contributed by atoms with Crippen LogP contribution in [0.2, 0.25) is 0 Å². The molecule has 1 aliphatic carbocycles. The lowest BCUT2D eigenvalue weighted by Crippen LogP contribution is -2.37. The Morgan fingerprint density at radius 2 is 2.20 bits per heavy atom. The number of methoxy groups -OCH3 is 1. The Morgan fingerprint density at radius 1 is 1.40 bits per heavy atom. The van der Waals surface area contributed by atoms with Crippen molar-refractivity contribution in [2.24, 2.45) is 5.92 Å². The van der Waals surface area contributed by atoms with Gasteiger partial charge in [0.05, 0.1) is 13.7 Å². The molecule has 2 atom stereocenters. The highest BCUT2D eigenvalue weighted by molar-refractivity contribution is 7.89. The van der Waals surface area contributed by atoms with Crippen molar-refractivity contribution >= 4 is 10.0 Å². The van der Waals surface area contributed by atoms with Crippen molar-refractivity contribution in [3.05, 3.63) is 23.8 Å². The summed E-state index contributed by atoms with van der Waals surface area (Å²) in [5, 5.41) is 9.21. The van der Waals surface area contributed by atoms with Gasteiger partial charge in [-0.3, -0.25) is 0 Å². The molecule has 5 nitrogen and oxygen atoms in total. The number of aliphatic hydroxyl groups excluding tert-OH is 1. The van der Waals surface area contributed by atoms with Gasteiger partial charge >= 0.3 is 0 Å². The number of benzene rings is 1. The van der Waals surface area contributed by atoms with Gasteiger partial charge in [0.1, 0.15) is 10.6 Å². The molecule has 1 aromatic rings. The topological polar surface area (TPSA) is 66.8 Å². The third kappa shape index (κ3) is 2.12. The number of aliphatic hydroxyl groups is 1. The van der Waals surface area contributed by atoms with Crippen LogP contribution in [0.4, 0.5) is 0 Å². The molecule has 2 aliphatic rings. The van der Waals surface area contributed by atoms with Gasteiger partial charge in [-0.25, -0.2) is 8.42 Å². The fourth-order valence-electron chi connectivity index (χ4n) is 3.32. The van der Waals surface area contributed by atoms with Crippen molar-refractivity contribution in [3.8, 4) is 5.75 Å². The molecule has 2 bridgehead atoms. The lowest BCUT2D eigenvalue weighted by Gasteiger charge is -2.27. The van der Waals surface area contributed by atoms with E-state index < -0.39 is 10.0 Å². The first-order valence-electron chi connectivity index (χ1n) is 6.86. The maximum Gasteiger partial charge on any atom is 0.247 e. The van der Waals surface area contributed by atoms with E-state index in [1.807, 2.05) is 0 Å².